The number of halogens is 2. The van der Waals surface area contributed by atoms with Crippen LogP contribution in [0.25, 0.3) is 0 Å². The SMILES string of the molecule is CCP(C)(=O)OCN(C(=O)OC(C)(C)C)c1cc(Br)c(Oc2ccc(OCOC)c(C(C)C)c2)c(Br)c1. The van der Waals surface area contributed by atoms with Crippen molar-refractivity contribution in [1.29, 1.82) is 0 Å². The maximum atomic E-state index is 13.0. The molecule has 0 aliphatic heterocycles. The molecule has 0 radical (unpaired) electrons. The van der Waals surface area contributed by atoms with Crippen molar-refractivity contribution in [2.75, 3.05) is 38.4 Å². The highest BCUT2D eigenvalue weighted by Gasteiger charge is 2.27. The molecule has 0 bridgehead atoms. The van der Waals surface area contributed by atoms with E-state index in [-0.39, 0.29) is 19.4 Å². The Kier molecular flexibility index (Phi) is 11.5. The number of anilines is 1. The monoisotopic (exact) mass is 663 g/mol. The molecular formula is C26H36Br2NO7P. The topological polar surface area (TPSA) is 83.5 Å². The molecule has 1 amide bonds. The summed E-state index contributed by atoms with van der Waals surface area (Å²) in [6.07, 6.45) is -0.271. The van der Waals surface area contributed by atoms with Crippen LogP contribution in [-0.2, 0) is 18.6 Å². The maximum Gasteiger partial charge on any atom is 0.416 e. The van der Waals surface area contributed by atoms with Gasteiger partial charge < -0.3 is 23.5 Å². The Labute approximate surface area is 236 Å². The predicted octanol–water partition coefficient (Wildman–Crippen LogP) is 8.75. The van der Waals surface area contributed by atoms with E-state index in [1.54, 1.807) is 53.6 Å². The smallest absolute Gasteiger partial charge is 0.416 e. The molecular weight excluding hydrogens is 629 g/mol. The Morgan fingerprint density at radius 1 is 1.11 bits per heavy atom. The summed E-state index contributed by atoms with van der Waals surface area (Å²) < 4.78 is 41.8. The Morgan fingerprint density at radius 2 is 1.73 bits per heavy atom. The van der Waals surface area contributed by atoms with E-state index in [1.165, 1.54) is 4.90 Å². The zero-order valence-corrected chi connectivity index (χ0v) is 26.7. The molecule has 8 nitrogen and oxygen atoms in total. The molecule has 206 valence electrons. The van der Waals surface area contributed by atoms with Crippen LogP contribution < -0.4 is 14.4 Å². The van der Waals surface area contributed by atoms with Gasteiger partial charge in [-0.3, -0.25) is 9.46 Å². The first-order valence-electron chi connectivity index (χ1n) is 11.8. The van der Waals surface area contributed by atoms with Gasteiger partial charge in [-0.05, 0) is 88.9 Å². The molecule has 1 unspecified atom stereocenters. The van der Waals surface area contributed by atoms with E-state index in [1.807, 2.05) is 18.2 Å². The van der Waals surface area contributed by atoms with Crippen molar-refractivity contribution in [3.05, 3.63) is 44.8 Å². The minimum atomic E-state index is -2.86. The van der Waals surface area contributed by atoms with Gasteiger partial charge in [0.15, 0.2) is 12.5 Å². The number of amides is 1. The number of hydrogen-bond donors (Lipinski definition) is 0. The zero-order valence-electron chi connectivity index (χ0n) is 22.6. The van der Waals surface area contributed by atoms with E-state index in [0.29, 0.717) is 32.3 Å². The van der Waals surface area contributed by atoms with Crippen LogP contribution in [0.4, 0.5) is 10.5 Å². The van der Waals surface area contributed by atoms with E-state index < -0.39 is 19.1 Å². The summed E-state index contributed by atoms with van der Waals surface area (Å²) >= 11 is 7.13. The van der Waals surface area contributed by atoms with Crippen molar-refractivity contribution in [2.45, 2.75) is 53.1 Å². The molecule has 0 saturated heterocycles. The second kappa shape index (κ2) is 13.5. The van der Waals surface area contributed by atoms with Gasteiger partial charge in [-0.1, -0.05) is 20.8 Å². The number of benzene rings is 2. The number of carbonyl (C=O) groups is 1. The molecule has 0 spiro atoms. The van der Waals surface area contributed by atoms with Gasteiger partial charge in [0.2, 0.25) is 7.37 Å². The quantitative estimate of drug-likeness (QED) is 0.175. The number of nitrogens with zero attached hydrogens (tertiary/aromatic N) is 1. The van der Waals surface area contributed by atoms with Crippen LogP contribution in [0, 0.1) is 0 Å². The lowest BCUT2D eigenvalue weighted by Crippen LogP contribution is -2.38. The van der Waals surface area contributed by atoms with Gasteiger partial charge in [-0.25, -0.2) is 4.79 Å². The molecule has 0 aromatic heterocycles. The van der Waals surface area contributed by atoms with Crippen LogP contribution in [0.15, 0.2) is 39.3 Å². The predicted molar refractivity (Wildman–Crippen MR) is 154 cm³/mol. The summed E-state index contributed by atoms with van der Waals surface area (Å²) in [5.74, 6) is 2.06. The normalized spacial score (nSPS) is 13.3. The van der Waals surface area contributed by atoms with Gasteiger partial charge >= 0.3 is 6.09 Å². The first-order chi connectivity index (χ1) is 17.2. The summed E-state index contributed by atoms with van der Waals surface area (Å²) in [5.41, 5.74) is 0.732. The second-order valence-corrected chi connectivity index (χ2v) is 14.4. The number of methoxy groups -OCH3 is 1. The van der Waals surface area contributed by atoms with Crippen LogP contribution in [0.3, 0.4) is 0 Å². The van der Waals surface area contributed by atoms with Crippen LogP contribution >= 0.6 is 39.2 Å². The van der Waals surface area contributed by atoms with Crippen LogP contribution in [0.2, 0.25) is 0 Å². The summed E-state index contributed by atoms with van der Waals surface area (Å²) in [7, 11) is -1.28. The largest absolute Gasteiger partial charge is 0.467 e. The molecule has 2 rings (SSSR count). The zero-order chi connectivity index (χ0) is 28.0. The fraction of sp³-hybridized carbons (Fsp3) is 0.500. The maximum absolute atomic E-state index is 13.0. The highest BCUT2D eigenvalue weighted by Crippen LogP contribution is 2.44. The molecule has 2 aromatic rings. The van der Waals surface area contributed by atoms with Gasteiger partial charge in [0, 0.05) is 25.5 Å². The van der Waals surface area contributed by atoms with Crippen LogP contribution in [0.1, 0.15) is 53.0 Å². The van der Waals surface area contributed by atoms with Crippen molar-refractivity contribution in [1.82, 2.24) is 0 Å². The molecule has 1 atom stereocenters. The summed E-state index contributed by atoms with van der Waals surface area (Å²) in [6, 6.07) is 9.03. The number of carbonyl (C=O) groups excluding carboxylic acids is 1. The molecule has 0 N–H and O–H groups in total. The average Bonchev–Trinajstić information content (AvgIpc) is 2.79. The van der Waals surface area contributed by atoms with Crippen molar-refractivity contribution >= 4 is 51.0 Å². The van der Waals surface area contributed by atoms with Gasteiger partial charge in [-0.2, -0.15) is 0 Å². The Hall–Kier alpha value is -1.58. The van der Waals surface area contributed by atoms with Crippen LogP contribution in [0.5, 0.6) is 17.2 Å². The Bertz CT molecular complexity index is 1110. The molecule has 0 heterocycles. The van der Waals surface area contributed by atoms with E-state index in [0.717, 1.165) is 11.3 Å². The van der Waals surface area contributed by atoms with E-state index in [2.05, 4.69) is 45.7 Å². The van der Waals surface area contributed by atoms with Crippen LogP contribution in [-0.4, -0.2) is 45.2 Å². The van der Waals surface area contributed by atoms with Gasteiger partial charge in [0.1, 0.15) is 23.8 Å². The highest BCUT2D eigenvalue weighted by molar-refractivity contribution is 9.11. The van der Waals surface area contributed by atoms with Gasteiger partial charge in [-0.15, -0.1) is 0 Å². The Balaban J connectivity index is 2.40. The average molecular weight is 665 g/mol. The van der Waals surface area contributed by atoms with E-state index in [4.69, 9.17) is 23.5 Å². The lowest BCUT2D eigenvalue weighted by Gasteiger charge is -2.28. The van der Waals surface area contributed by atoms with Crippen molar-refractivity contribution in [3.63, 3.8) is 0 Å². The third kappa shape index (κ3) is 9.59. The lowest BCUT2D eigenvalue weighted by atomic mass is 10.0. The minimum absolute atomic E-state index is 0.155. The van der Waals surface area contributed by atoms with E-state index >= 15 is 0 Å². The molecule has 0 saturated carbocycles. The first-order valence-corrected chi connectivity index (χ1v) is 15.7. The molecule has 0 aliphatic carbocycles. The summed E-state index contributed by atoms with van der Waals surface area (Å²) in [4.78, 5) is 14.3. The molecule has 2 aromatic carbocycles. The van der Waals surface area contributed by atoms with Crippen molar-refractivity contribution in [2.24, 2.45) is 0 Å². The van der Waals surface area contributed by atoms with Crippen molar-refractivity contribution < 1.29 is 32.8 Å². The third-order valence-electron chi connectivity index (χ3n) is 5.10. The number of hydrogen-bond acceptors (Lipinski definition) is 7. The van der Waals surface area contributed by atoms with Gasteiger partial charge in [0.05, 0.1) is 14.6 Å². The number of ether oxygens (including phenoxy) is 4. The second-order valence-electron chi connectivity index (χ2n) is 9.74. The van der Waals surface area contributed by atoms with Gasteiger partial charge in [0.25, 0.3) is 0 Å². The summed E-state index contributed by atoms with van der Waals surface area (Å²) in [5, 5.41) is 0. The fourth-order valence-electron chi connectivity index (χ4n) is 3.03. The molecule has 37 heavy (non-hydrogen) atoms. The fourth-order valence-corrected chi connectivity index (χ4v) is 4.90. The lowest BCUT2D eigenvalue weighted by molar-refractivity contribution is 0.0502. The standard InChI is InChI=1S/C26H36Br2NO7P/c1-9-37(8,31)34-15-29(25(30)36-26(4,5)6)18-12-21(27)24(22(28)13-18)35-19-10-11-23(33-16-32-7)20(14-19)17(2)3/h10-14,17H,9,15-16H2,1-8H3. The molecule has 0 aliphatic rings. The Morgan fingerprint density at radius 3 is 2.24 bits per heavy atom. The highest BCUT2D eigenvalue weighted by atomic mass is 79.9. The van der Waals surface area contributed by atoms with Crippen molar-refractivity contribution in [3.8, 4) is 17.2 Å². The molecule has 11 heteroatoms. The third-order valence-corrected chi connectivity index (χ3v) is 8.09. The minimum Gasteiger partial charge on any atom is -0.467 e. The summed E-state index contributed by atoms with van der Waals surface area (Å²) in [6.45, 7) is 12.7. The molecule has 0 fully saturated rings. The van der Waals surface area contributed by atoms with E-state index in [9.17, 15) is 9.36 Å². The number of rotatable bonds is 11. The first kappa shape index (κ1) is 31.6.